The van der Waals surface area contributed by atoms with E-state index in [1.165, 1.54) is 7.11 Å². The first-order chi connectivity index (χ1) is 11.2. The Hall–Kier alpha value is -1.89. The number of amides is 1. The number of methoxy groups -OCH3 is 1. The minimum absolute atomic E-state index is 0.0599. The molecule has 0 N–H and O–H groups in total. The summed E-state index contributed by atoms with van der Waals surface area (Å²) in [5, 5.41) is 4.39. The highest BCUT2D eigenvalue weighted by atomic mass is 16.5. The van der Waals surface area contributed by atoms with Gasteiger partial charge in [0.25, 0.3) is 5.91 Å². The van der Waals surface area contributed by atoms with Crippen molar-refractivity contribution in [3.05, 3.63) is 18.0 Å². The number of hydrogen-bond donors (Lipinski definition) is 0. The van der Waals surface area contributed by atoms with E-state index in [1.54, 1.807) is 15.6 Å². The first-order valence-corrected chi connectivity index (χ1v) is 8.23. The monoisotopic (exact) mass is 321 g/mol. The molecule has 3 rings (SSSR count). The molecule has 0 bridgehead atoms. The zero-order valence-corrected chi connectivity index (χ0v) is 13.4. The molecule has 2 saturated heterocycles. The van der Waals surface area contributed by atoms with E-state index in [-0.39, 0.29) is 24.0 Å². The molecule has 126 valence electrons. The summed E-state index contributed by atoms with van der Waals surface area (Å²) in [4.78, 5) is 25.8. The highest BCUT2D eigenvalue weighted by Crippen LogP contribution is 2.23. The molecule has 1 unspecified atom stereocenters. The first kappa shape index (κ1) is 16.0. The second-order valence-electron chi connectivity index (χ2n) is 6.09. The molecule has 3 heterocycles. The Labute approximate surface area is 135 Å². The lowest BCUT2D eigenvalue weighted by molar-refractivity contribution is -0.146. The van der Waals surface area contributed by atoms with Crippen LogP contribution in [0.1, 0.15) is 48.8 Å². The molecule has 0 radical (unpaired) electrons. The van der Waals surface area contributed by atoms with E-state index in [4.69, 9.17) is 9.47 Å². The zero-order valence-electron chi connectivity index (χ0n) is 13.4. The number of ether oxygens (including phenoxy) is 2. The van der Waals surface area contributed by atoms with Crippen molar-refractivity contribution in [2.24, 2.45) is 5.92 Å². The summed E-state index contributed by atoms with van der Waals surface area (Å²) in [5.74, 6) is -0.365. The van der Waals surface area contributed by atoms with Crippen molar-refractivity contribution < 1.29 is 19.1 Å². The Balaban J connectivity index is 1.58. The van der Waals surface area contributed by atoms with Gasteiger partial charge in [-0.25, -0.2) is 4.68 Å². The molecule has 0 aliphatic carbocycles. The molecule has 1 aromatic heterocycles. The van der Waals surface area contributed by atoms with Crippen LogP contribution in [0.4, 0.5) is 0 Å². The fraction of sp³-hybridized carbons (Fsp3) is 0.688. The van der Waals surface area contributed by atoms with E-state index in [9.17, 15) is 9.59 Å². The summed E-state index contributed by atoms with van der Waals surface area (Å²) in [5.41, 5.74) is 0.440. The number of esters is 1. The van der Waals surface area contributed by atoms with Crippen LogP contribution >= 0.6 is 0 Å². The van der Waals surface area contributed by atoms with Gasteiger partial charge in [-0.05, 0) is 38.2 Å². The van der Waals surface area contributed by atoms with Crippen LogP contribution in [-0.2, 0) is 14.3 Å². The van der Waals surface area contributed by atoms with Crippen LogP contribution in [0.2, 0.25) is 0 Å². The molecule has 0 spiro atoms. The van der Waals surface area contributed by atoms with E-state index in [2.05, 4.69) is 5.10 Å². The van der Waals surface area contributed by atoms with E-state index in [1.807, 2.05) is 6.20 Å². The van der Waals surface area contributed by atoms with E-state index in [0.717, 1.165) is 25.9 Å². The summed E-state index contributed by atoms with van der Waals surface area (Å²) < 4.78 is 12.2. The molecule has 7 nitrogen and oxygen atoms in total. The normalized spacial score (nSPS) is 22.8. The SMILES string of the molecule is COC(=O)C1CCN(C(=O)c2ccn(C3CCCCO3)n2)CC1. The van der Waals surface area contributed by atoms with Gasteiger partial charge in [0.1, 0.15) is 11.9 Å². The largest absolute Gasteiger partial charge is 0.469 e. The van der Waals surface area contributed by atoms with Gasteiger partial charge in [0.2, 0.25) is 0 Å². The fourth-order valence-corrected chi connectivity index (χ4v) is 3.19. The molecule has 1 aromatic rings. The zero-order chi connectivity index (χ0) is 16.2. The number of likely N-dealkylation sites (tertiary alicyclic amines) is 1. The van der Waals surface area contributed by atoms with Crippen LogP contribution in [0.3, 0.4) is 0 Å². The molecule has 7 heteroatoms. The van der Waals surface area contributed by atoms with Crippen LogP contribution < -0.4 is 0 Å². The van der Waals surface area contributed by atoms with Gasteiger partial charge in [0, 0.05) is 25.9 Å². The Morgan fingerprint density at radius 2 is 2.04 bits per heavy atom. The molecule has 1 atom stereocenters. The second-order valence-corrected chi connectivity index (χ2v) is 6.09. The lowest BCUT2D eigenvalue weighted by Gasteiger charge is -2.30. The number of hydrogen-bond acceptors (Lipinski definition) is 5. The van der Waals surface area contributed by atoms with E-state index >= 15 is 0 Å². The van der Waals surface area contributed by atoms with E-state index < -0.39 is 0 Å². The standard InChI is InChI=1S/C16H23N3O4/c1-22-16(21)12-5-8-18(9-6-12)15(20)13-7-10-19(17-13)14-4-2-3-11-23-14/h7,10,12,14H,2-6,8-9,11H2,1H3. The third-order valence-electron chi connectivity index (χ3n) is 4.59. The average molecular weight is 321 g/mol. The van der Waals surface area contributed by atoms with Gasteiger partial charge in [-0.2, -0.15) is 5.10 Å². The van der Waals surface area contributed by atoms with Crippen LogP contribution in [0.15, 0.2) is 12.3 Å². The van der Waals surface area contributed by atoms with Crippen LogP contribution in [0.5, 0.6) is 0 Å². The first-order valence-electron chi connectivity index (χ1n) is 8.23. The van der Waals surface area contributed by atoms with Crippen molar-refractivity contribution in [1.29, 1.82) is 0 Å². The Kier molecular flexibility index (Phi) is 4.95. The maximum absolute atomic E-state index is 12.5. The topological polar surface area (TPSA) is 73.7 Å². The molecule has 23 heavy (non-hydrogen) atoms. The smallest absolute Gasteiger partial charge is 0.308 e. The van der Waals surface area contributed by atoms with Gasteiger partial charge in [0.05, 0.1) is 13.0 Å². The quantitative estimate of drug-likeness (QED) is 0.791. The second kappa shape index (κ2) is 7.12. The lowest BCUT2D eigenvalue weighted by Crippen LogP contribution is -2.40. The third kappa shape index (κ3) is 3.55. The van der Waals surface area contributed by atoms with Gasteiger partial charge in [0.15, 0.2) is 0 Å². The highest BCUT2D eigenvalue weighted by Gasteiger charge is 2.29. The predicted molar refractivity (Wildman–Crippen MR) is 81.7 cm³/mol. The maximum Gasteiger partial charge on any atom is 0.308 e. The van der Waals surface area contributed by atoms with Gasteiger partial charge in [-0.3, -0.25) is 9.59 Å². The highest BCUT2D eigenvalue weighted by molar-refractivity contribution is 5.92. The van der Waals surface area contributed by atoms with Crippen LogP contribution in [0, 0.1) is 5.92 Å². The van der Waals surface area contributed by atoms with Crippen molar-refractivity contribution in [3.63, 3.8) is 0 Å². The molecular formula is C16H23N3O4. The van der Waals surface area contributed by atoms with Gasteiger partial charge >= 0.3 is 5.97 Å². The minimum Gasteiger partial charge on any atom is -0.469 e. The molecule has 2 fully saturated rings. The molecule has 0 saturated carbocycles. The minimum atomic E-state index is -0.184. The fourth-order valence-electron chi connectivity index (χ4n) is 3.19. The number of nitrogens with zero attached hydrogens (tertiary/aromatic N) is 3. The van der Waals surface area contributed by atoms with Crippen LogP contribution in [-0.4, -0.2) is 53.4 Å². The van der Waals surface area contributed by atoms with Crippen molar-refractivity contribution in [3.8, 4) is 0 Å². The number of aromatic nitrogens is 2. The van der Waals surface area contributed by atoms with Crippen molar-refractivity contribution in [2.45, 2.75) is 38.3 Å². The van der Waals surface area contributed by atoms with E-state index in [0.29, 0.717) is 31.6 Å². The van der Waals surface area contributed by atoms with Gasteiger partial charge in [-0.15, -0.1) is 0 Å². The molecule has 1 amide bonds. The molecular weight excluding hydrogens is 298 g/mol. The average Bonchev–Trinajstić information content (AvgIpc) is 3.11. The van der Waals surface area contributed by atoms with Crippen LogP contribution in [0.25, 0.3) is 0 Å². The molecule has 2 aliphatic rings. The summed E-state index contributed by atoms with van der Waals surface area (Å²) in [6.07, 6.45) is 6.17. The summed E-state index contributed by atoms with van der Waals surface area (Å²) in [7, 11) is 1.40. The predicted octanol–water partition coefficient (Wildman–Crippen LogP) is 1.61. The number of carbonyl (C=O) groups excluding carboxylic acids is 2. The molecule has 2 aliphatic heterocycles. The van der Waals surface area contributed by atoms with Crippen molar-refractivity contribution in [1.82, 2.24) is 14.7 Å². The Morgan fingerprint density at radius 1 is 1.26 bits per heavy atom. The summed E-state index contributed by atoms with van der Waals surface area (Å²) >= 11 is 0. The third-order valence-corrected chi connectivity index (χ3v) is 4.59. The summed E-state index contributed by atoms with van der Waals surface area (Å²) in [6.45, 7) is 1.87. The van der Waals surface area contributed by atoms with Crippen molar-refractivity contribution in [2.75, 3.05) is 26.8 Å². The number of piperidine rings is 1. The lowest BCUT2D eigenvalue weighted by atomic mass is 9.97. The summed E-state index contributed by atoms with van der Waals surface area (Å²) in [6, 6.07) is 1.74. The van der Waals surface area contributed by atoms with Gasteiger partial charge < -0.3 is 14.4 Å². The van der Waals surface area contributed by atoms with Crippen molar-refractivity contribution >= 4 is 11.9 Å². The Morgan fingerprint density at radius 3 is 2.70 bits per heavy atom. The number of carbonyl (C=O) groups is 2. The number of rotatable bonds is 3. The molecule has 0 aromatic carbocycles. The maximum atomic E-state index is 12.5. The van der Waals surface area contributed by atoms with Gasteiger partial charge in [-0.1, -0.05) is 0 Å². The Bertz CT molecular complexity index is 557.